The Morgan fingerprint density at radius 1 is 1.65 bits per heavy atom. The van der Waals surface area contributed by atoms with Crippen LogP contribution in [0.4, 0.5) is 5.69 Å². The third kappa shape index (κ3) is 3.15. The lowest BCUT2D eigenvalue weighted by atomic mass is 10.2. The van der Waals surface area contributed by atoms with Gasteiger partial charge in [0.2, 0.25) is 0 Å². The smallest absolute Gasteiger partial charge is 0.344 e. The molecule has 3 N–H and O–H groups in total. The fourth-order valence-corrected chi connectivity index (χ4v) is 1.17. The second-order valence-electron chi connectivity index (χ2n) is 3.36. The van der Waals surface area contributed by atoms with E-state index in [0.29, 0.717) is 5.56 Å². The minimum atomic E-state index is -1.20. The number of carbonyl (C=O) groups is 1. The van der Waals surface area contributed by atoms with Crippen LogP contribution in [-0.4, -0.2) is 22.1 Å². The van der Waals surface area contributed by atoms with E-state index in [1.807, 2.05) is 0 Å². The number of nitro groups is 1. The largest absolute Gasteiger partial charge is 0.479 e. The molecule has 0 aromatic heterocycles. The Hall–Kier alpha value is -2.15. The first kappa shape index (κ1) is 12.9. The van der Waals surface area contributed by atoms with Gasteiger partial charge in [-0.15, -0.1) is 0 Å². The molecule has 0 saturated heterocycles. The zero-order valence-corrected chi connectivity index (χ0v) is 9.12. The van der Waals surface area contributed by atoms with Crippen LogP contribution in [0.5, 0.6) is 5.75 Å². The zero-order chi connectivity index (χ0) is 13.0. The van der Waals surface area contributed by atoms with Gasteiger partial charge in [0.25, 0.3) is 0 Å². The van der Waals surface area contributed by atoms with Crippen molar-refractivity contribution in [3.8, 4) is 5.75 Å². The maximum absolute atomic E-state index is 10.7. The van der Waals surface area contributed by atoms with Crippen molar-refractivity contribution in [2.24, 2.45) is 5.73 Å². The monoisotopic (exact) mass is 240 g/mol. The molecule has 0 aliphatic carbocycles. The molecule has 7 heteroatoms. The fraction of sp³-hybridized carbons (Fsp3) is 0.300. The van der Waals surface area contributed by atoms with Gasteiger partial charge in [-0.2, -0.15) is 0 Å². The number of benzene rings is 1. The molecule has 0 bridgehead atoms. The molecular weight excluding hydrogens is 228 g/mol. The second-order valence-corrected chi connectivity index (χ2v) is 3.36. The Morgan fingerprint density at radius 2 is 2.29 bits per heavy atom. The zero-order valence-electron chi connectivity index (χ0n) is 9.12. The Bertz CT molecular complexity index is 446. The van der Waals surface area contributed by atoms with Crippen LogP contribution in [0.15, 0.2) is 18.2 Å². The molecule has 1 unspecified atom stereocenters. The van der Waals surface area contributed by atoms with Gasteiger partial charge in [0.1, 0.15) is 0 Å². The molecule has 0 fully saturated rings. The number of hydrogen-bond donors (Lipinski definition) is 2. The molecule has 0 spiro atoms. The van der Waals surface area contributed by atoms with Crippen LogP contribution in [0.25, 0.3) is 0 Å². The predicted octanol–water partition coefficient (Wildman–Crippen LogP) is 0.905. The molecular formula is C10H12N2O5. The van der Waals surface area contributed by atoms with Crippen molar-refractivity contribution in [1.82, 2.24) is 0 Å². The summed E-state index contributed by atoms with van der Waals surface area (Å²) in [6.45, 7) is 1.48. The van der Waals surface area contributed by atoms with Crippen LogP contribution in [0.1, 0.15) is 12.5 Å². The van der Waals surface area contributed by atoms with E-state index in [-0.39, 0.29) is 18.0 Å². The fourth-order valence-electron chi connectivity index (χ4n) is 1.17. The first-order valence-electron chi connectivity index (χ1n) is 4.82. The van der Waals surface area contributed by atoms with Crippen LogP contribution >= 0.6 is 0 Å². The minimum Gasteiger partial charge on any atom is -0.479 e. The maximum Gasteiger partial charge on any atom is 0.344 e. The summed E-state index contributed by atoms with van der Waals surface area (Å²) in [6.07, 6.45) is -1.17. The molecule has 0 aliphatic rings. The molecule has 0 amide bonds. The predicted molar refractivity (Wildman–Crippen MR) is 58.7 cm³/mol. The summed E-state index contributed by atoms with van der Waals surface area (Å²) < 4.78 is 5.01. The number of nitro benzene ring substituents is 1. The van der Waals surface area contributed by atoms with Gasteiger partial charge in [0.15, 0.2) is 11.9 Å². The van der Waals surface area contributed by atoms with E-state index >= 15 is 0 Å². The highest BCUT2D eigenvalue weighted by Crippen LogP contribution is 2.28. The molecule has 0 radical (unpaired) electrons. The number of rotatable bonds is 5. The second kappa shape index (κ2) is 5.26. The van der Waals surface area contributed by atoms with E-state index in [9.17, 15) is 14.9 Å². The van der Waals surface area contributed by atoms with Crippen LogP contribution in [0.3, 0.4) is 0 Å². The molecule has 0 saturated carbocycles. The van der Waals surface area contributed by atoms with E-state index in [1.54, 1.807) is 0 Å². The summed E-state index contributed by atoms with van der Waals surface area (Å²) in [5, 5.41) is 19.4. The van der Waals surface area contributed by atoms with Crippen molar-refractivity contribution >= 4 is 11.7 Å². The van der Waals surface area contributed by atoms with E-state index in [4.69, 9.17) is 15.6 Å². The normalized spacial score (nSPS) is 11.9. The van der Waals surface area contributed by atoms with Gasteiger partial charge in [0, 0.05) is 12.6 Å². The van der Waals surface area contributed by atoms with Crippen molar-refractivity contribution in [2.45, 2.75) is 19.6 Å². The number of hydrogen-bond acceptors (Lipinski definition) is 5. The first-order valence-corrected chi connectivity index (χ1v) is 4.82. The third-order valence-electron chi connectivity index (χ3n) is 2.11. The van der Waals surface area contributed by atoms with Crippen molar-refractivity contribution in [3.05, 3.63) is 33.9 Å². The van der Waals surface area contributed by atoms with Gasteiger partial charge < -0.3 is 15.6 Å². The van der Waals surface area contributed by atoms with E-state index in [0.717, 1.165) is 0 Å². The van der Waals surface area contributed by atoms with E-state index in [1.165, 1.54) is 25.1 Å². The molecule has 0 heterocycles. The van der Waals surface area contributed by atoms with Crippen LogP contribution in [0.2, 0.25) is 0 Å². The lowest BCUT2D eigenvalue weighted by molar-refractivity contribution is -0.386. The number of ether oxygens (including phenoxy) is 1. The Labute approximate surface area is 97.0 Å². The maximum atomic E-state index is 10.7. The number of aliphatic carboxylic acids is 1. The summed E-state index contributed by atoms with van der Waals surface area (Å²) in [7, 11) is 0. The SMILES string of the molecule is CC(Oc1cc(CN)ccc1[N+](=O)[O-])C(=O)O. The molecule has 1 atom stereocenters. The van der Waals surface area contributed by atoms with Crippen LogP contribution in [-0.2, 0) is 11.3 Å². The Balaban J connectivity index is 3.09. The average Bonchev–Trinajstić information content (AvgIpc) is 2.28. The summed E-state index contributed by atoms with van der Waals surface area (Å²) in [4.78, 5) is 20.7. The van der Waals surface area contributed by atoms with E-state index in [2.05, 4.69) is 0 Å². The molecule has 1 aromatic rings. The summed E-state index contributed by atoms with van der Waals surface area (Å²) in [5.41, 5.74) is 5.74. The van der Waals surface area contributed by atoms with Gasteiger partial charge in [-0.25, -0.2) is 4.79 Å². The number of nitrogens with two attached hydrogens (primary N) is 1. The highest BCUT2D eigenvalue weighted by atomic mass is 16.6. The summed E-state index contributed by atoms with van der Waals surface area (Å²) in [6, 6.07) is 4.11. The van der Waals surface area contributed by atoms with Crippen molar-refractivity contribution in [1.29, 1.82) is 0 Å². The first-order chi connectivity index (χ1) is 7.95. The highest BCUT2D eigenvalue weighted by Gasteiger charge is 2.20. The molecule has 1 aromatic carbocycles. The van der Waals surface area contributed by atoms with Gasteiger partial charge in [-0.3, -0.25) is 10.1 Å². The molecule has 0 aliphatic heterocycles. The number of carboxylic acids is 1. The lowest BCUT2D eigenvalue weighted by Gasteiger charge is -2.11. The summed E-state index contributed by atoms with van der Waals surface area (Å²) in [5.74, 6) is -1.29. The summed E-state index contributed by atoms with van der Waals surface area (Å²) >= 11 is 0. The molecule has 1 rings (SSSR count). The standard InChI is InChI=1S/C10H12N2O5/c1-6(10(13)14)17-9-4-7(5-11)2-3-8(9)12(15)16/h2-4,6H,5,11H2,1H3,(H,13,14). The topological polar surface area (TPSA) is 116 Å². The van der Waals surface area contributed by atoms with Crippen molar-refractivity contribution in [3.63, 3.8) is 0 Å². The van der Waals surface area contributed by atoms with Crippen LogP contribution < -0.4 is 10.5 Å². The van der Waals surface area contributed by atoms with Gasteiger partial charge in [-0.05, 0) is 18.6 Å². The quantitative estimate of drug-likeness (QED) is 0.583. The molecule has 7 nitrogen and oxygen atoms in total. The third-order valence-corrected chi connectivity index (χ3v) is 2.11. The highest BCUT2D eigenvalue weighted by molar-refractivity contribution is 5.72. The Kier molecular flexibility index (Phi) is 4.00. The van der Waals surface area contributed by atoms with Gasteiger partial charge in [-0.1, -0.05) is 6.07 Å². The van der Waals surface area contributed by atoms with Gasteiger partial charge in [0.05, 0.1) is 4.92 Å². The minimum absolute atomic E-state index is 0.0900. The van der Waals surface area contributed by atoms with Crippen LogP contribution in [0, 0.1) is 10.1 Å². The van der Waals surface area contributed by atoms with Crippen molar-refractivity contribution < 1.29 is 19.6 Å². The lowest BCUT2D eigenvalue weighted by Crippen LogP contribution is -2.23. The van der Waals surface area contributed by atoms with E-state index < -0.39 is 17.0 Å². The Morgan fingerprint density at radius 3 is 2.76 bits per heavy atom. The number of carboxylic acid groups (broad SMARTS) is 1. The molecule has 92 valence electrons. The average molecular weight is 240 g/mol. The van der Waals surface area contributed by atoms with Gasteiger partial charge >= 0.3 is 11.7 Å². The number of nitrogens with zero attached hydrogens (tertiary/aromatic N) is 1. The molecule has 17 heavy (non-hydrogen) atoms. The van der Waals surface area contributed by atoms with Crippen molar-refractivity contribution in [2.75, 3.05) is 0 Å².